The van der Waals surface area contributed by atoms with Crippen molar-refractivity contribution < 1.29 is 4.79 Å². The van der Waals surface area contributed by atoms with E-state index < -0.39 is 0 Å². The van der Waals surface area contributed by atoms with Gasteiger partial charge in [0.05, 0.1) is 6.04 Å². The molecule has 1 aromatic heterocycles. The highest BCUT2D eigenvalue weighted by Crippen LogP contribution is 2.16. The highest BCUT2D eigenvalue weighted by atomic mass is 32.1. The van der Waals surface area contributed by atoms with E-state index in [1.165, 1.54) is 16.9 Å². The summed E-state index contributed by atoms with van der Waals surface area (Å²) in [6.07, 6.45) is 0.312. The molecule has 1 atom stereocenters. The Morgan fingerprint density at radius 1 is 1.30 bits per heavy atom. The van der Waals surface area contributed by atoms with Crippen molar-refractivity contribution in [3.63, 3.8) is 0 Å². The lowest BCUT2D eigenvalue weighted by Crippen LogP contribution is -2.35. The monoisotopic (exact) mass is 333 g/mol. The number of hydrogen-bond acceptors (Lipinski definition) is 4. The van der Waals surface area contributed by atoms with Crippen molar-refractivity contribution in [1.29, 1.82) is 0 Å². The van der Waals surface area contributed by atoms with Gasteiger partial charge in [-0.3, -0.25) is 9.59 Å². The van der Waals surface area contributed by atoms with E-state index >= 15 is 0 Å². The molecule has 6 heteroatoms. The van der Waals surface area contributed by atoms with Crippen LogP contribution in [-0.4, -0.2) is 36.0 Å². The topological polar surface area (TPSA) is 54.3 Å². The van der Waals surface area contributed by atoms with Gasteiger partial charge in [0.15, 0.2) is 0 Å². The summed E-state index contributed by atoms with van der Waals surface area (Å²) in [6.45, 7) is 2.86. The summed E-state index contributed by atoms with van der Waals surface area (Å²) in [5.74, 6) is -0.0368. The number of amides is 1. The van der Waals surface area contributed by atoms with E-state index in [0.717, 1.165) is 5.69 Å². The van der Waals surface area contributed by atoms with E-state index in [2.05, 4.69) is 22.3 Å². The molecule has 1 N–H and O–H groups in total. The molecule has 0 radical (unpaired) electrons. The van der Waals surface area contributed by atoms with Crippen molar-refractivity contribution in [2.24, 2.45) is 0 Å². The lowest BCUT2D eigenvalue weighted by Gasteiger charge is -2.25. The highest BCUT2D eigenvalue weighted by molar-refractivity contribution is 7.07. The first-order valence-corrected chi connectivity index (χ1v) is 8.50. The summed E-state index contributed by atoms with van der Waals surface area (Å²) in [6, 6.07) is 10.2. The van der Waals surface area contributed by atoms with Crippen LogP contribution in [0.15, 0.2) is 40.5 Å². The number of rotatable bonds is 7. The first-order chi connectivity index (χ1) is 11.0. The average Bonchev–Trinajstić information content (AvgIpc) is 2.85. The minimum absolute atomic E-state index is 0.00856. The average molecular weight is 333 g/mol. The van der Waals surface area contributed by atoms with E-state index in [9.17, 15) is 9.59 Å². The van der Waals surface area contributed by atoms with Crippen LogP contribution >= 0.6 is 11.3 Å². The molecule has 1 heterocycles. The van der Waals surface area contributed by atoms with Gasteiger partial charge in [-0.2, -0.15) is 0 Å². The fourth-order valence-electron chi connectivity index (χ4n) is 2.46. The SMILES string of the molecule is Cc1csc(=O)n1CCC(=O)NCC(c1ccccc1)N(C)C. The molecule has 0 saturated heterocycles. The molecule has 1 amide bonds. The van der Waals surface area contributed by atoms with Crippen LogP contribution in [-0.2, 0) is 11.3 Å². The number of hydrogen-bond donors (Lipinski definition) is 1. The first kappa shape index (κ1) is 17.4. The van der Waals surface area contributed by atoms with E-state index in [0.29, 0.717) is 19.5 Å². The summed E-state index contributed by atoms with van der Waals surface area (Å²) in [4.78, 5) is 25.8. The maximum Gasteiger partial charge on any atom is 0.307 e. The van der Waals surface area contributed by atoms with Crippen LogP contribution in [0.1, 0.15) is 23.7 Å². The largest absolute Gasteiger partial charge is 0.354 e. The Balaban J connectivity index is 1.88. The second kappa shape index (κ2) is 8.08. The van der Waals surface area contributed by atoms with Crippen LogP contribution in [0.4, 0.5) is 0 Å². The number of benzene rings is 1. The Kier molecular flexibility index (Phi) is 6.12. The minimum Gasteiger partial charge on any atom is -0.354 e. The molecule has 124 valence electrons. The molecular formula is C17H23N3O2S. The fourth-order valence-corrected chi connectivity index (χ4v) is 3.22. The van der Waals surface area contributed by atoms with Crippen LogP contribution in [0.25, 0.3) is 0 Å². The summed E-state index contributed by atoms with van der Waals surface area (Å²) in [5.41, 5.74) is 2.07. The Hall–Kier alpha value is -1.92. The van der Waals surface area contributed by atoms with Crippen molar-refractivity contribution in [3.05, 3.63) is 56.6 Å². The Morgan fingerprint density at radius 2 is 2.00 bits per heavy atom. The predicted octanol–water partition coefficient (Wildman–Crippen LogP) is 2.03. The zero-order chi connectivity index (χ0) is 16.8. The third kappa shape index (κ3) is 4.77. The van der Waals surface area contributed by atoms with Gasteiger partial charge in [-0.25, -0.2) is 0 Å². The van der Waals surface area contributed by atoms with Crippen LogP contribution in [0.5, 0.6) is 0 Å². The number of carbonyl (C=O) groups is 1. The van der Waals surface area contributed by atoms with Gasteiger partial charge in [-0.1, -0.05) is 41.7 Å². The molecule has 0 bridgehead atoms. The third-order valence-electron chi connectivity index (χ3n) is 3.84. The molecule has 0 aliphatic carbocycles. The predicted molar refractivity (Wildman–Crippen MR) is 93.8 cm³/mol. The number of aromatic nitrogens is 1. The molecule has 0 saturated carbocycles. The van der Waals surface area contributed by atoms with Crippen molar-refractivity contribution in [3.8, 4) is 0 Å². The van der Waals surface area contributed by atoms with Crippen molar-refractivity contribution in [1.82, 2.24) is 14.8 Å². The second-order valence-electron chi connectivity index (χ2n) is 5.74. The number of carbonyl (C=O) groups excluding carboxylic acids is 1. The highest BCUT2D eigenvalue weighted by Gasteiger charge is 2.15. The van der Waals surface area contributed by atoms with Gasteiger partial charge in [-0.05, 0) is 26.6 Å². The van der Waals surface area contributed by atoms with E-state index in [1.54, 1.807) is 4.57 Å². The van der Waals surface area contributed by atoms with Gasteiger partial charge < -0.3 is 14.8 Å². The van der Waals surface area contributed by atoms with Crippen molar-refractivity contribution in [2.45, 2.75) is 25.9 Å². The van der Waals surface area contributed by atoms with Gasteiger partial charge in [-0.15, -0.1) is 0 Å². The van der Waals surface area contributed by atoms with Gasteiger partial charge >= 0.3 is 4.87 Å². The van der Waals surface area contributed by atoms with Crippen LogP contribution in [0.3, 0.4) is 0 Å². The number of aryl methyl sites for hydroxylation is 1. The fraction of sp³-hybridized carbons (Fsp3) is 0.412. The molecule has 2 aromatic rings. The van der Waals surface area contributed by atoms with Gasteiger partial charge in [0.1, 0.15) is 0 Å². The summed E-state index contributed by atoms with van der Waals surface area (Å²) >= 11 is 1.17. The van der Waals surface area contributed by atoms with Crippen LogP contribution in [0, 0.1) is 6.92 Å². The van der Waals surface area contributed by atoms with Gasteiger partial charge in [0.25, 0.3) is 0 Å². The molecule has 0 fully saturated rings. The quantitative estimate of drug-likeness (QED) is 0.843. The molecule has 2 rings (SSSR count). The third-order valence-corrected chi connectivity index (χ3v) is 4.72. The second-order valence-corrected chi connectivity index (χ2v) is 6.56. The Bertz CT molecular complexity index is 691. The summed E-state index contributed by atoms with van der Waals surface area (Å²) in [5, 5.41) is 4.79. The lowest BCUT2D eigenvalue weighted by atomic mass is 10.1. The molecule has 5 nitrogen and oxygen atoms in total. The first-order valence-electron chi connectivity index (χ1n) is 7.62. The van der Waals surface area contributed by atoms with E-state index in [4.69, 9.17) is 0 Å². The van der Waals surface area contributed by atoms with Crippen LogP contribution in [0.2, 0.25) is 0 Å². The summed E-state index contributed by atoms with van der Waals surface area (Å²) in [7, 11) is 4.00. The minimum atomic E-state index is -0.0368. The molecule has 23 heavy (non-hydrogen) atoms. The van der Waals surface area contributed by atoms with E-state index in [1.807, 2.05) is 44.6 Å². The smallest absolute Gasteiger partial charge is 0.307 e. The lowest BCUT2D eigenvalue weighted by molar-refractivity contribution is -0.121. The number of nitrogens with one attached hydrogen (secondary N) is 1. The Labute approximate surface area is 140 Å². The molecule has 0 spiro atoms. The summed E-state index contributed by atoms with van der Waals surface area (Å²) < 4.78 is 1.64. The normalized spacial score (nSPS) is 12.3. The number of likely N-dealkylation sites (N-methyl/N-ethyl adjacent to an activating group) is 1. The molecule has 1 aromatic carbocycles. The van der Waals surface area contributed by atoms with Gasteiger partial charge in [0.2, 0.25) is 5.91 Å². The van der Waals surface area contributed by atoms with Crippen LogP contribution < -0.4 is 10.2 Å². The molecular weight excluding hydrogens is 310 g/mol. The molecule has 0 aliphatic rings. The van der Waals surface area contributed by atoms with Gasteiger partial charge in [0, 0.05) is 30.6 Å². The molecule has 0 aliphatic heterocycles. The van der Waals surface area contributed by atoms with Crippen molar-refractivity contribution >= 4 is 17.2 Å². The number of thiazole rings is 1. The Morgan fingerprint density at radius 3 is 2.57 bits per heavy atom. The van der Waals surface area contributed by atoms with Crippen molar-refractivity contribution in [2.75, 3.05) is 20.6 Å². The zero-order valence-electron chi connectivity index (χ0n) is 13.8. The van der Waals surface area contributed by atoms with E-state index in [-0.39, 0.29) is 16.8 Å². The number of nitrogens with zero attached hydrogens (tertiary/aromatic N) is 2. The molecule has 1 unspecified atom stereocenters. The maximum absolute atomic E-state index is 12.1. The zero-order valence-corrected chi connectivity index (χ0v) is 14.6. The standard InChI is InChI=1S/C17H23N3O2S/c1-13-12-23-17(22)20(13)10-9-16(21)18-11-15(19(2)3)14-7-5-4-6-8-14/h4-8,12,15H,9-11H2,1-3H3,(H,18,21). The maximum atomic E-state index is 12.1.